The molecule has 0 unspecified atom stereocenters. The molecule has 5 rings (SSSR count). The zero-order chi connectivity index (χ0) is 30.2. The standard InChI is InChI=1S/C32H42ClF3N6/c1-19(2)41-13-9-22(10-14-41)25-17-26-30(37-18-38-31(26)40-29(25)33)39-21(5)24-7-6-8-27(28(24)34)32(35,36)23-11-15-42(16-12-23)20(3)4/h6-8,17-23H,9-16H2,1-5H3,(H,37,38,39,40)/t21-/m1/s1. The number of nitrogens with one attached hydrogen (secondary N) is 1. The van der Waals surface area contributed by atoms with E-state index in [4.69, 9.17) is 11.6 Å². The smallest absolute Gasteiger partial charge is 0.278 e. The maximum Gasteiger partial charge on any atom is 0.278 e. The van der Waals surface area contributed by atoms with Gasteiger partial charge in [-0.2, -0.15) is 0 Å². The maximum absolute atomic E-state index is 15.8. The Hall–Kier alpha value is -2.49. The van der Waals surface area contributed by atoms with E-state index in [0.717, 1.165) is 31.5 Å². The van der Waals surface area contributed by atoms with E-state index in [-0.39, 0.29) is 11.5 Å². The van der Waals surface area contributed by atoms with Gasteiger partial charge in [0, 0.05) is 23.6 Å². The first-order valence-electron chi connectivity index (χ1n) is 15.2. The van der Waals surface area contributed by atoms with Crippen molar-refractivity contribution >= 4 is 28.5 Å². The zero-order valence-corrected chi connectivity index (χ0v) is 25.9. The summed E-state index contributed by atoms with van der Waals surface area (Å²) in [6.45, 7) is 13.5. The number of fused-ring (bicyclic) bond motifs is 1. The van der Waals surface area contributed by atoms with E-state index < -0.39 is 29.3 Å². The van der Waals surface area contributed by atoms with Crippen LogP contribution in [0.25, 0.3) is 11.0 Å². The van der Waals surface area contributed by atoms with Gasteiger partial charge in [0.05, 0.1) is 17.0 Å². The first-order valence-corrected chi connectivity index (χ1v) is 15.6. The fourth-order valence-electron chi connectivity index (χ4n) is 6.53. The van der Waals surface area contributed by atoms with Gasteiger partial charge in [-0.15, -0.1) is 0 Å². The molecule has 2 aliphatic heterocycles. The Morgan fingerprint density at radius 3 is 2.17 bits per heavy atom. The number of nitrogens with zero attached hydrogens (tertiary/aromatic N) is 5. The monoisotopic (exact) mass is 602 g/mol. The van der Waals surface area contributed by atoms with Crippen LogP contribution in [0, 0.1) is 11.7 Å². The molecule has 0 bridgehead atoms. The molecule has 3 aromatic rings. The zero-order valence-electron chi connectivity index (χ0n) is 25.2. The van der Waals surface area contributed by atoms with Crippen LogP contribution in [0.2, 0.25) is 5.15 Å². The molecule has 0 saturated carbocycles. The number of hydrogen-bond acceptors (Lipinski definition) is 6. The third kappa shape index (κ3) is 6.24. The quantitative estimate of drug-likeness (QED) is 0.266. The summed E-state index contributed by atoms with van der Waals surface area (Å²) in [7, 11) is 0. The van der Waals surface area contributed by atoms with Crippen LogP contribution in [-0.2, 0) is 5.92 Å². The third-order valence-electron chi connectivity index (χ3n) is 9.28. The number of alkyl halides is 2. The lowest BCUT2D eigenvalue weighted by molar-refractivity contribution is -0.0900. The van der Waals surface area contributed by atoms with Gasteiger partial charge in [-0.25, -0.2) is 28.1 Å². The van der Waals surface area contributed by atoms with Crippen molar-refractivity contribution in [3.63, 3.8) is 0 Å². The van der Waals surface area contributed by atoms with Crippen molar-refractivity contribution in [2.75, 3.05) is 31.5 Å². The van der Waals surface area contributed by atoms with E-state index in [0.29, 0.717) is 60.0 Å². The van der Waals surface area contributed by atoms with E-state index in [1.165, 1.54) is 18.5 Å². The summed E-state index contributed by atoms with van der Waals surface area (Å²) in [4.78, 5) is 17.9. The van der Waals surface area contributed by atoms with Crippen LogP contribution in [0.3, 0.4) is 0 Å². The number of aromatic nitrogens is 3. The molecule has 42 heavy (non-hydrogen) atoms. The normalized spacial score (nSPS) is 19.2. The van der Waals surface area contributed by atoms with E-state index in [9.17, 15) is 0 Å². The Kier molecular flexibility index (Phi) is 9.30. The first-order chi connectivity index (χ1) is 20.0. The molecule has 0 spiro atoms. The summed E-state index contributed by atoms with van der Waals surface area (Å²) >= 11 is 6.63. The fraction of sp³-hybridized carbons (Fsp3) is 0.594. The fourth-order valence-corrected chi connectivity index (χ4v) is 6.82. The van der Waals surface area contributed by atoms with Crippen LogP contribution < -0.4 is 5.32 Å². The second-order valence-electron chi connectivity index (χ2n) is 12.5. The molecule has 4 heterocycles. The molecule has 6 nitrogen and oxygen atoms in total. The molecular formula is C32H42ClF3N6. The molecule has 10 heteroatoms. The topological polar surface area (TPSA) is 57.2 Å². The number of pyridine rings is 1. The number of anilines is 1. The molecule has 2 aliphatic rings. The maximum atomic E-state index is 15.8. The SMILES string of the molecule is CC(C)N1CCC(c2cc3c(N[C@H](C)c4cccc(C(F)(F)C5CCN(C(C)C)CC5)c4F)ncnc3nc2Cl)CC1. The average Bonchev–Trinajstić information content (AvgIpc) is 2.97. The Balaban J connectivity index is 1.38. The number of rotatable bonds is 8. The number of benzene rings is 1. The summed E-state index contributed by atoms with van der Waals surface area (Å²) < 4.78 is 47.3. The molecule has 228 valence electrons. The van der Waals surface area contributed by atoms with Crippen molar-refractivity contribution < 1.29 is 13.2 Å². The van der Waals surface area contributed by atoms with Crippen LogP contribution in [0.5, 0.6) is 0 Å². The third-order valence-corrected chi connectivity index (χ3v) is 9.59. The minimum Gasteiger partial charge on any atom is -0.363 e. The van der Waals surface area contributed by atoms with Gasteiger partial charge in [0.2, 0.25) is 0 Å². The van der Waals surface area contributed by atoms with Crippen LogP contribution in [0.15, 0.2) is 30.6 Å². The Labute approximate surface area is 252 Å². The average molecular weight is 603 g/mol. The van der Waals surface area contributed by atoms with Gasteiger partial charge in [-0.3, -0.25) is 0 Å². The molecular weight excluding hydrogens is 561 g/mol. The van der Waals surface area contributed by atoms with Crippen molar-refractivity contribution in [1.82, 2.24) is 24.8 Å². The second-order valence-corrected chi connectivity index (χ2v) is 12.8. The molecule has 1 N–H and O–H groups in total. The van der Waals surface area contributed by atoms with E-state index in [1.807, 2.05) is 6.07 Å². The number of halogens is 4. The Morgan fingerprint density at radius 1 is 0.929 bits per heavy atom. The lowest BCUT2D eigenvalue weighted by Gasteiger charge is -2.38. The second kappa shape index (κ2) is 12.6. The van der Waals surface area contributed by atoms with Gasteiger partial charge in [0.1, 0.15) is 23.1 Å². The summed E-state index contributed by atoms with van der Waals surface area (Å²) in [5.74, 6) is -4.29. The molecule has 2 saturated heterocycles. The van der Waals surface area contributed by atoms with Crippen LogP contribution in [0.1, 0.15) is 89.0 Å². The molecule has 0 radical (unpaired) electrons. The van der Waals surface area contributed by atoms with Gasteiger partial charge >= 0.3 is 0 Å². The highest BCUT2D eigenvalue weighted by Crippen LogP contribution is 2.44. The summed E-state index contributed by atoms with van der Waals surface area (Å²) in [6.07, 6.45) is 4.00. The predicted octanol–water partition coefficient (Wildman–Crippen LogP) is 7.79. The molecule has 1 aromatic carbocycles. The van der Waals surface area contributed by atoms with Gasteiger partial charge in [-0.05, 0) is 104 Å². The Bertz CT molecular complexity index is 1380. The number of hydrogen-bond donors (Lipinski definition) is 1. The predicted molar refractivity (Wildman–Crippen MR) is 163 cm³/mol. The van der Waals surface area contributed by atoms with E-state index >= 15 is 13.2 Å². The van der Waals surface area contributed by atoms with Crippen molar-refractivity contribution in [1.29, 1.82) is 0 Å². The minimum atomic E-state index is -3.26. The van der Waals surface area contributed by atoms with Crippen molar-refractivity contribution in [2.45, 2.75) is 90.3 Å². The van der Waals surface area contributed by atoms with Crippen molar-refractivity contribution in [3.05, 3.63) is 58.3 Å². The Morgan fingerprint density at radius 2 is 1.55 bits per heavy atom. The molecule has 0 aliphatic carbocycles. The summed E-state index contributed by atoms with van der Waals surface area (Å²) in [5, 5.41) is 4.36. The highest BCUT2D eigenvalue weighted by atomic mass is 35.5. The molecule has 1 atom stereocenters. The van der Waals surface area contributed by atoms with Gasteiger partial charge < -0.3 is 15.1 Å². The summed E-state index contributed by atoms with van der Waals surface area (Å²) in [6, 6.07) is 6.46. The van der Waals surface area contributed by atoms with Crippen LogP contribution >= 0.6 is 11.6 Å². The lowest BCUT2D eigenvalue weighted by Crippen LogP contribution is -2.42. The van der Waals surface area contributed by atoms with E-state index in [2.05, 4.69) is 57.8 Å². The molecule has 0 amide bonds. The molecule has 2 aromatic heterocycles. The van der Waals surface area contributed by atoms with Gasteiger partial charge in [-0.1, -0.05) is 29.8 Å². The highest BCUT2D eigenvalue weighted by molar-refractivity contribution is 6.30. The minimum absolute atomic E-state index is 0.168. The highest BCUT2D eigenvalue weighted by Gasteiger charge is 2.45. The molecule has 2 fully saturated rings. The largest absolute Gasteiger partial charge is 0.363 e. The number of piperidine rings is 2. The van der Waals surface area contributed by atoms with Crippen LogP contribution in [-0.4, -0.2) is 63.0 Å². The lowest BCUT2D eigenvalue weighted by atomic mass is 9.85. The van der Waals surface area contributed by atoms with Crippen molar-refractivity contribution in [2.24, 2.45) is 5.92 Å². The van der Waals surface area contributed by atoms with Crippen molar-refractivity contribution in [3.8, 4) is 0 Å². The van der Waals surface area contributed by atoms with E-state index in [1.54, 1.807) is 13.0 Å². The number of likely N-dealkylation sites (tertiary alicyclic amines) is 2. The van der Waals surface area contributed by atoms with Gasteiger partial charge in [0.25, 0.3) is 5.92 Å². The van der Waals surface area contributed by atoms with Gasteiger partial charge in [0.15, 0.2) is 5.65 Å². The van der Waals surface area contributed by atoms with Crippen LogP contribution in [0.4, 0.5) is 19.0 Å². The summed E-state index contributed by atoms with van der Waals surface area (Å²) in [5.41, 5.74) is 1.02. The first kappa shape index (κ1) is 31.0.